The van der Waals surface area contributed by atoms with E-state index in [9.17, 15) is 14.4 Å². The van der Waals surface area contributed by atoms with E-state index in [1.54, 1.807) is 38.1 Å². The molecule has 0 N–H and O–H groups in total. The Balaban J connectivity index is 1.62. The zero-order valence-electron chi connectivity index (χ0n) is 26.2. The third-order valence-corrected chi connectivity index (χ3v) is 7.29. The van der Waals surface area contributed by atoms with Crippen LogP contribution in [0.5, 0.6) is 17.2 Å². The minimum atomic E-state index is -0.818. The first-order chi connectivity index (χ1) is 21.6. The number of benzene rings is 3. The average Bonchev–Trinajstić information content (AvgIpc) is 3.39. The van der Waals surface area contributed by atoms with E-state index in [0.717, 1.165) is 18.4 Å². The first-order valence-electron chi connectivity index (χ1n) is 15.3. The highest BCUT2D eigenvalue weighted by atomic mass is 16.6. The summed E-state index contributed by atoms with van der Waals surface area (Å²) in [7, 11) is 0. The van der Waals surface area contributed by atoms with Crippen LogP contribution in [0.4, 0.5) is 0 Å². The van der Waals surface area contributed by atoms with Crippen molar-refractivity contribution < 1.29 is 32.6 Å². The van der Waals surface area contributed by atoms with E-state index >= 15 is 0 Å². The zero-order chi connectivity index (χ0) is 32.3. The van der Waals surface area contributed by atoms with Gasteiger partial charge in [0.25, 0.3) is 0 Å². The lowest BCUT2D eigenvalue weighted by atomic mass is 9.98. The van der Waals surface area contributed by atoms with E-state index in [1.165, 1.54) is 50.2 Å². The Hall–Kier alpha value is -4.85. The topological polar surface area (TPSA) is 105 Å². The van der Waals surface area contributed by atoms with Crippen LogP contribution in [-0.4, -0.2) is 11.9 Å². The van der Waals surface area contributed by atoms with Gasteiger partial charge >= 0.3 is 17.8 Å². The van der Waals surface area contributed by atoms with Gasteiger partial charge in [0.05, 0.1) is 0 Å². The Labute approximate surface area is 263 Å². The van der Waals surface area contributed by atoms with Crippen molar-refractivity contribution in [2.24, 2.45) is 0 Å². The molecule has 8 nitrogen and oxygen atoms in total. The monoisotopic (exact) mass is 612 g/mol. The van der Waals surface area contributed by atoms with Crippen molar-refractivity contribution in [2.45, 2.75) is 78.7 Å². The number of aryl methyl sites for hydroxylation is 1. The van der Waals surface area contributed by atoms with E-state index in [4.69, 9.17) is 23.0 Å². The summed E-state index contributed by atoms with van der Waals surface area (Å²) in [5, 5.41) is 0. The molecule has 1 heterocycles. The number of carbonyl (C=O) groups is 2. The first kappa shape index (κ1) is 33.1. The van der Waals surface area contributed by atoms with Crippen molar-refractivity contribution >= 4 is 23.1 Å². The number of rotatable bonds is 16. The number of carbonyl (C=O) groups excluding carboxylic acids is 2. The molecule has 3 aromatic carbocycles. The molecule has 0 bridgehead atoms. The molecule has 0 radical (unpaired) electrons. The van der Waals surface area contributed by atoms with Gasteiger partial charge in [0.1, 0.15) is 23.9 Å². The standard InChI is InChI=1S/C37H40O8/c1-6-7-8-9-10-11-12-13-26-14-16-27(17-15-26)30-22-32(42-35(38)24(2)3)28(20-33(30)43-36(39)25(4)5)23-41-29-18-19-31-34(21-29)45-37(40)44-31/h14-22H,2,4,6-13,23H2,1,3,5H3. The number of unbranched alkanes of at least 4 members (excludes halogenated alkanes) is 6. The summed E-state index contributed by atoms with van der Waals surface area (Å²) in [5.74, 6) is -1.16. The fourth-order valence-electron chi connectivity index (χ4n) is 4.73. The van der Waals surface area contributed by atoms with Crippen molar-refractivity contribution in [1.29, 1.82) is 0 Å². The van der Waals surface area contributed by atoms with Crippen LogP contribution in [0, 0.1) is 0 Å². The third kappa shape index (κ3) is 9.32. The fraction of sp³-hybridized carbons (Fsp3) is 0.324. The minimum Gasteiger partial charge on any atom is -0.489 e. The normalized spacial score (nSPS) is 10.9. The van der Waals surface area contributed by atoms with Crippen molar-refractivity contribution in [2.75, 3.05) is 0 Å². The molecular formula is C37H40O8. The van der Waals surface area contributed by atoms with Gasteiger partial charge in [0.15, 0.2) is 11.2 Å². The van der Waals surface area contributed by atoms with Gasteiger partial charge in [-0.05, 0) is 62.1 Å². The van der Waals surface area contributed by atoms with Crippen LogP contribution >= 0.6 is 0 Å². The molecule has 4 rings (SSSR count). The highest BCUT2D eigenvalue weighted by Crippen LogP contribution is 2.38. The van der Waals surface area contributed by atoms with Crippen molar-refractivity contribution in [1.82, 2.24) is 0 Å². The van der Waals surface area contributed by atoms with Gasteiger partial charge in [0, 0.05) is 28.3 Å². The molecule has 1 aromatic heterocycles. The second-order valence-electron chi connectivity index (χ2n) is 11.2. The number of ether oxygens (including phenoxy) is 3. The molecule has 0 aliphatic carbocycles. The summed E-state index contributed by atoms with van der Waals surface area (Å²) < 4.78 is 27.4. The molecule has 0 saturated heterocycles. The quantitative estimate of drug-likeness (QED) is 0.0535. The highest BCUT2D eigenvalue weighted by molar-refractivity contribution is 5.91. The van der Waals surface area contributed by atoms with Gasteiger partial charge in [-0.2, -0.15) is 0 Å². The number of esters is 2. The largest absolute Gasteiger partial charge is 0.519 e. The molecule has 0 spiro atoms. The average molecular weight is 613 g/mol. The molecule has 8 heteroatoms. The molecule has 0 amide bonds. The number of fused-ring (bicyclic) bond motifs is 1. The van der Waals surface area contributed by atoms with Gasteiger partial charge in [-0.25, -0.2) is 14.4 Å². The first-order valence-corrected chi connectivity index (χ1v) is 15.3. The van der Waals surface area contributed by atoms with Gasteiger partial charge < -0.3 is 23.0 Å². The highest BCUT2D eigenvalue weighted by Gasteiger charge is 2.20. The second kappa shape index (κ2) is 15.7. The minimum absolute atomic E-state index is 0.0678. The predicted molar refractivity (Wildman–Crippen MR) is 174 cm³/mol. The maximum Gasteiger partial charge on any atom is 0.519 e. The summed E-state index contributed by atoms with van der Waals surface area (Å²) in [5.41, 5.74) is 3.96. The van der Waals surface area contributed by atoms with Gasteiger partial charge in [-0.15, -0.1) is 0 Å². The maximum absolute atomic E-state index is 12.7. The zero-order valence-corrected chi connectivity index (χ0v) is 26.2. The maximum atomic E-state index is 12.7. The van der Waals surface area contributed by atoms with Crippen LogP contribution in [0.3, 0.4) is 0 Å². The van der Waals surface area contributed by atoms with Crippen LogP contribution in [0.2, 0.25) is 0 Å². The SMILES string of the molecule is C=C(C)C(=O)Oc1cc(-c2ccc(CCCCCCCCC)cc2)c(OC(=O)C(=C)C)cc1COc1ccc2oc(=O)oc2c1. The van der Waals surface area contributed by atoms with Gasteiger partial charge in [-0.3, -0.25) is 0 Å². The lowest BCUT2D eigenvalue weighted by Gasteiger charge is -2.17. The van der Waals surface area contributed by atoms with E-state index in [1.807, 2.05) is 12.1 Å². The van der Waals surface area contributed by atoms with Gasteiger partial charge in [-0.1, -0.05) is 82.9 Å². The predicted octanol–water partition coefficient (Wildman–Crippen LogP) is 8.89. The van der Waals surface area contributed by atoms with E-state index in [0.29, 0.717) is 16.9 Å². The van der Waals surface area contributed by atoms with Crippen molar-refractivity contribution in [3.8, 4) is 28.4 Å². The molecule has 236 valence electrons. The summed E-state index contributed by atoms with van der Waals surface area (Å²) in [6, 6.07) is 16.0. The van der Waals surface area contributed by atoms with Crippen molar-refractivity contribution in [3.63, 3.8) is 0 Å². The Kier molecular flexibility index (Phi) is 11.6. The molecule has 0 fully saturated rings. The molecule has 0 atom stereocenters. The summed E-state index contributed by atoms with van der Waals surface area (Å²) in [6.45, 7) is 12.7. The lowest BCUT2D eigenvalue weighted by molar-refractivity contribution is -0.131. The van der Waals surface area contributed by atoms with Crippen LogP contribution in [-0.2, 0) is 22.6 Å². The Bertz CT molecular complexity index is 1720. The van der Waals surface area contributed by atoms with Crippen LogP contribution in [0.15, 0.2) is 92.5 Å². The lowest BCUT2D eigenvalue weighted by Crippen LogP contribution is -2.13. The van der Waals surface area contributed by atoms with Crippen LogP contribution in [0.25, 0.3) is 22.3 Å². The van der Waals surface area contributed by atoms with Crippen LogP contribution in [0.1, 0.15) is 76.8 Å². The Morgan fingerprint density at radius 3 is 2.02 bits per heavy atom. The van der Waals surface area contributed by atoms with Gasteiger partial charge in [0.2, 0.25) is 0 Å². The number of hydrogen-bond acceptors (Lipinski definition) is 8. The number of hydrogen-bond donors (Lipinski definition) is 0. The van der Waals surface area contributed by atoms with E-state index in [-0.39, 0.29) is 40.4 Å². The molecule has 0 aliphatic heterocycles. The molecule has 0 saturated carbocycles. The molecule has 4 aromatic rings. The summed E-state index contributed by atoms with van der Waals surface area (Å²) in [4.78, 5) is 36.7. The fourth-order valence-corrected chi connectivity index (χ4v) is 4.73. The van der Waals surface area contributed by atoms with E-state index in [2.05, 4.69) is 32.2 Å². The second-order valence-corrected chi connectivity index (χ2v) is 11.2. The third-order valence-electron chi connectivity index (χ3n) is 7.29. The Morgan fingerprint density at radius 2 is 1.36 bits per heavy atom. The van der Waals surface area contributed by atoms with Crippen molar-refractivity contribution in [3.05, 3.63) is 101 Å². The summed E-state index contributed by atoms with van der Waals surface area (Å²) >= 11 is 0. The van der Waals surface area contributed by atoms with Crippen LogP contribution < -0.4 is 20.0 Å². The smallest absolute Gasteiger partial charge is 0.489 e. The Morgan fingerprint density at radius 1 is 0.733 bits per heavy atom. The molecule has 0 unspecified atom stereocenters. The summed E-state index contributed by atoms with van der Waals surface area (Å²) in [6.07, 6.45) is 9.72. The molecule has 45 heavy (non-hydrogen) atoms. The molecule has 0 aliphatic rings. The van der Waals surface area contributed by atoms with E-state index < -0.39 is 17.8 Å². The molecular weight excluding hydrogens is 572 g/mol.